The quantitative estimate of drug-likeness (QED) is 0.249. The minimum atomic E-state index is 0.167. The number of aliphatic hydroxyl groups is 3. The van der Waals surface area contributed by atoms with Crippen LogP contribution >= 0.6 is 0 Å². The van der Waals surface area contributed by atoms with E-state index in [0.717, 1.165) is 25.7 Å². The largest absolute Gasteiger partial charge is 0.396 e. The van der Waals surface area contributed by atoms with Gasteiger partial charge < -0.3 is 15.3 Å². The molecule has 1 rings (SSSR count). The Kier molecular flexibility index (Phi) is 21.4. The number of aliphatic hydroxyl groups excluding tert-OH is 3. The Labute approximate surface area is 212 Å². The zero-order chi connectivity index (χ0) is 26.6. The molecule has 1 aliphatic carbocycles. The summed E-state index contributed by atoms with van der Waals surface area (Å²) in [5.74, 6) is 0.586. The molecule has 2 unspecified atom stereocenters. The molecule has 1 saturated carbocycles. The molecular formula is C31H56O3. The number of hydrogen-bond acceptors (Lipinski definition) is 3. The summed E-state index contributed by atoms with van der Waals surface area (Å²) in [6.07, 6.45) is 18.4. The van der Waals surface area contributed by atoms with Crippen LogP contribution in [0.15, 0.2) is 58.2 Å². The van der Waals surface area contributed by atoms with Crippen LogP contribution in [-0.2, 0) is 0 Å². The molecule has 3 heteroatoms. The normalized spacial score (nSPS) is 19.1. The maximum atomic E-state index is 8.93. The van der Waals surface area contributed by atoms with Crippen molar-refractivity contribution in [2.45, 2.75) is 107 Å². The highest BCUT2D eigenvalue weighted by Crippen LogP contribution is 2.55. The summed E-state index contributed by atoms with van der Waals surface area (Å²) in [6, 6.07) is 0. The van der Waals surface area contributed by atoms with E-state index in [1.165, 1.54) is 47.1 Å². The van der Waals surface area contributed by atoms with Gasteiger partial charge in [-0.15, -0.1) is 0 Å². The third-order valence-electron chi connectivity index (χ3n) is 6.09. The highest BCUT2D eigenvalue weighted by atomic mass is 16.3. The summed E-state index contributed by atoms with van der Waals surface area (Å²) in [5, 5.41) is 26.0. The molecule has 2 atom stereocenters. The van der Waals surface area contributed by atoms with E-state index in [0.29, 0.717) is 17.9 Å². The number of hydrogen-bond donors (Lipinski definition) is 3. The Hall–Kier alpha value is -1.42. The average Bonchev–Trinajstić information content (AvgIpc) is 3.38. The van der Waals surface area contributed by atoms with E-state index < -0.39 is 0 Å². The van der Waals surface area contributed by atoms with Crippen molar-refractivity contribution in [1.29, 1.82) is 0 Å². The summed E-state index contributed by atoms with van der Waals surface area (Å²) in [7, 11) is 0. The van der Waals surface area contributed by atoms with E-state index in [9.17, 15) is 0 Å². The molecule has 1 fully saturated rings. The maximum Gasteiger partial charge on any atom is 0.0614 e. The van der Waals surface area contributed by atoms with E-state index in [2.05, 4.69) is 80.5 Å². The molecule has 0 aliphatic heterocycles. The van der Waals surface area contributed by atoms with Gasteiger partial charge in [0.25, 0.3) is 0 Å². The Morgan fingerprint density at radius 1 is 0.647 bits per heavy atom. The predicted octanol–water partition coefficient (Wildman–Crippen LogP) is 8.09. The lowest BCUT2D eigenvalue weighted by Crippen LogP contribution is -2.00. The lowest BCUT2D eigenvalue weighted by molar-refractivity contribution is 0.250. The second kappa shape index (κ2) is 20.9. The van der Waals surface area contributed by atoms with E-state index >= 15 is 0 Å². The second-order valence-electron chi connectivity index (χ2n) is 10.7. The minimum Gasteiger partial charge on any atom is -0.396 e. The summed E-state index contributed by atoms with van der Waals surface area (Å²) >= 11 is 0. The SMILES string of the molecule is CC(C)=CCC/C(C)=C/CO.CC(C)=CCC/C(C)=C\CO.CC(C)=CCCC1(C)CC1CO. The van der Waals surface area contributed by atoms with Gasteiger partial charge in [-0.1, -0.05) is 65.2 Å². The minimum absolute atomic E-state index is 0.167. The smallest absolute Gasteiger partial charge is 0.0614 e. The lowest BCUT2D eigenvalue weighted by atomic mass is 9.99. The second-order valence-corrected chi connectivity index (χ2v) is 10.7. The summed E-state index contributed by atoms with van der Waals surface area (Å²) in [4.78, 5) is 0. The Balaban J connectivity index is 0. The van der Waals surface area contributed by atoms with Crippen LogP contribution in [0.3, 0.4) is 0 Å². The molecule has 0 aromatic carbocycles. The standard InChI is InChI=1S/C11H20O.2C10H18O/c1-9(2)5-4-6-11(3)7-10(11)8-12;2*1-9(2)5-4-6-10(3)7-8-11/h5,10,12H,4,6-8H2,1-3H3;2*5,7,11H,4,6,8H2,1-3H3/b;10-7+;10-7-. The van der Waals surface area contributed by atoms with Crippen molar-refractivity contribution in [3.8, 4) is 0 Å². The van der Waals surface area contributed by atoms with Crippen molar-refractivity contribution < 1.29 is 15.3 Å². The number of rotatable bonds is 12. The average molecular weight is 477 g/mol. The van der Waals surface area contributed by atoms with Crippen LogP contribution in [0.4, 0.5) is 0 Å². The van der Waals surface area contributed by atoms with Gasteiger partial charge in [0.15, 0.2) is 0 Å². The van der Waals surface area contributed by atoms with Crippen LogP contribution in [0, 0.1) is 11.3 Å². The van der Waals surface area contributed by atoms with Crippen molar-refractivity contribution in [2.24, 2.45) is 11.3 Å². The molecule has 3 N–H and O–H groups in total. The summed E-state index contributed by atoms with van der Waals surface area (Å²) < 4.78 is 0. The van der Waals surface area contributed by atoms with Crippen molar-refractivity contribution in [1.82, 2.24) is 0 Å². The van der Waals surface area contributed by atoms with Crippen LogP contribution in [0.2, 0.25) is 0 Å². The molecule has 0 radical (unpaired) electrons. The first-order chi connectivity index (χ1) is 15.9. The highest BCUT2D eigenvalue weighted by molar-refractivity contribution is 5.03. The molecule has 0 spiro atoms. The van der Waals surface area contributed by atoms with Crippen LogP contribution in [0.1, 0.15) is 107 Å². The van der Waals surface area contributed by atoms with Crippen molar-refractivity contribution in [3.05, 3.63) is 58.2 Å². The van der Waals surface area contributed by atoms with Gasteiger partial charge in [0.1, 0.15) is 0 Å². The fourth-order valence-corrected chi connectivity index (χ4v) is 3.48. The van der Waals surface area contributed by atoms with E-state index in [1.807, 2.05) is 12.2 Å². The van der Waals surface area contributed by atoms with Crippen LogP contribution in [-0.4, -0.2) is 35.1 Å². The molecule has 1 aliphatic rings. The highest BCUT2D eigenvalue weighted by Gasteiger charge is 2.48. The molecule has 34 heavy (non-hydrogen) atoms. The number of allylic oxidation sites excluding steroid dienone is 8. The van der Waals surface area contributed by atoms with Gasteiger partial charge in [0, 0.05) is 6.61 Å². The van der Waals surface area contributed by atoms with Gasteiger partial charge in [-0.2, -0.15) is 0 Å². The third-order valence-corrected chi connectivity index (χ3v) is 6.09. The van der Waals surface area contributed by atoms with Crippen molar-refractivity contribution in [3.63, 3.8) is 0 Å². The Morgan fingerprint density at radius 3 is 1.32 bits per heavy atom. The molecule has 198 valence electrons. The van der Waals surface area contributed by atoms with Crippen LogP contribution in [0.25, 0.3) is 0 Å². The first-order valence-corrected chi connectivity index (χ1v) is 13.0. The van der Waals surface area contributed by atoms with E-state index in [-0.39, 0.29) is 13.2 Å². The first kappa shape index (κ1) is 34.7. The van der Waals surface area contributed by atoms with Gasteiger partial charge in [-0.3, -0.25) is 0 Å². The molecule has 0 aromatic rings. The van der Waals surface area contributed by atoms with Crippen LogP contribution in [0.5, 0.6) is 0 Å². The molecule has 0 amide bonds. The molecule has 0 bridgehead atoms. The summed E-state index contributed by atoms with van der Waals surface area (Å²) in [5.41, 5.74) is 7.12. The predicted molar refractivity (Wildman–Crippen MR) is 151 cm³/mol. The fraction of sp³-hybridized carbons (Fsp3) is 0.677. The van der Waals surface area contributed by atoms with E-state index in [4.69, 9.17) is 15.3 Å². The van der Waals surface area contributed by atoms with Crippen LogP contribution < -0.4 is 0 Å². The van der Waals surface area contributed by atoms with E-state index in [1.54, 1.807) is 0 Å². The molecule has 3 nitrogen and oxygen atoms in total. The maximum absolute atomic E-state index is 8.93. The van der Waals surface area contributed by atoms with Crippen molar-refractivity contribution >= 4 is 0 Å². The Bertz CT molecular complexity index is 629. The Morgan fingerprint density at radius 2 is 1.03 bits per heavy atom. The third kappa shape index (κ3) is 22.4. The topological polar surface area (TPSA) is 60.7 Å². The van der Waals surface area contributed by atoms with Gasteiger partial charge in [-0.05, 0) is 112 Å². The molecule has 0 heterocycles. The molecule has 0 saturated heterocycles. The fourth-order valence-electron chi connectivity index (χ4n) is 3.48. The lowest BCUT2D eigenvalue weighted by Gasteiger charge is -2.07. The zero-order valence-electron chi connectivity index (χ0n) is 23.9. The summed E-state index contributed by atoms with van der Waals surface area (Å²) in [6.45, 7) is 19.8. The first-order valence-electron chi connectivity index (χ1n) is 13.0. The zero-order valence-corrected chi connectivity index (χ0v) is 23.9. The monoisotopic (exact) mass is 476 g/mol. The van der Waals surface area contributed by atoms with Gasteiger partial charge in [0.2, 0.25) is 0 Å². The molecule has 0 aromatic heterocycles. The van der Waals surface area contributed by atoms with Gasteiger partial charge in [-0.25, -0.2) is 0 Å². The van der Waals surface area contributed by atoms with Gasteiger partial charge >= 0.3 is 0 Å². The van der Waals surface area contributed by atoms with Gasteiger partial charge in [0.05, 0.1) is 13.2 Å². The van der Waals surface area contributed by atoms with Crippen molar-refractivity contribution in [2.75, 3.05) is 19.8 Å². The molecular weight excluding hydrogens is 420 g/mol.